The van der Waals surface area contributed by atoms with Crippen LogP contribution in [0.1, 0.15) is 43.0 Å². The van der Waals surface area contributed by atoms with Gasteiger partial charge in [0.15, 0.2) is 5.60 Å². The minimum Gasteiger partial charge on any atom is -0.396 e. The van der Waals surface area contributed by atoms with Crippen LogP contribution >= 0.6 is 0 Å². The number of hydrogen-bond donors (Lipinski definition) is 4. The second-order valence-electron chi connectivity index (χ2n) is 11.3. The molecule has 3 heterocycles. The number of anilines is 2. The number of allylic oxidation sites excluding steroid dienone is 1. The highest BCUT2D eigenvalue weighted by molar-refractivity contribution is 6.07. The zero-order valence-electron chi connectivity index (χ0n) is 24.6. The van der Waals surface area contributed by atoms with E-state index in [1.807, 2.05) is 12.1 Å². The van der Waals surface area contributed by atoms with Crippen molar-refractivity contribution in [1.82, 2.24) is 20.3 Å². The zero-order valence-corrected chi connectivity index (χ0v) is 24.6. The number of benzene rings is 2. The van der Waals surface area contributed by atoms with E-state index in [9.17, 15) is 24.8 Å². The van der Waals surface area contributed by atoms with E-state index in [0.29, 0.717) is 43.0 Å². The van der Waals surface area contributed by atoms with Gasteiger partial charge in [-0.05, 0) is 49.6 Å². The molecule has 0 spiro atoms. The van der Waals surface area contributed by atoms with E-state index in [2.05, 4.69) is 20.9 Å². The molecule has 4 N–H and O–H groups in total. The average Bonchev–Trinajstić information content (AvgIpc) is 3.56. The topological polar surface area (TPSA) is 176 Å². The number of fused-ring (bicyclic) bond motifs is 1. The molecular formula is C31H37N7O6. The number of nitro groups is 1. The zero-order chi connectivity index (χ0) is 31.3. The van der Waals surface area contributed by atoms with Crippen molar-refractivity contribution in [2.75, 3.05) is 29.9 Å². The van der Waals surface area contributed by atoms with Gasteiger partial charge in [0.05, 0.1) is 28.8 Å². The number of non-ortho nitro benzene ring substituents is 1. The van der Waals surface area contributed by atoms with Gasteiger partial charge in [-0.1, -0.05) is 36.4 Å². The Bertz CT molecular complexity index is 1550. The van der Waals surface area contributed by atoms with Gasteiger partial charge in [-0.25, -0.2) is 0 Å². The summed E-state index contributed by atoms with van der Waals surface area (Å²) in [5.74, 6) is -1.47. The van der Waals surface area contributed by atoms with Crippen LogP contribution < -0.4 is 15.5 Å². The van der Waals surface area contributed by atoms with Gasteiger partial charge < -0.3 is 25.7 Å². The molecule has 1 unspecified atom stereocenters. The molecule has 2 aromatic carbocycles. The second kappa shape index (κ2) is 13.5. The Kier molecular flexibility index (Phi) is 9.47. The van der Waals surface area contributed by atoms with E-state index in [-0.39, 0.29) is 36.2 Å². The minimum absolute atomic E-state index is 0.0142. The van der Waals surface area contributed by atoms with E-state index < -0.39 is 22.3 Å². The Morgan fingerprint density at radius 3 is 2.91 bits per heavy atom. The van der Waals surface area contributed by atoms with Gasteiger partial charge in [0.2, 0.25) is 5.91 Å². The lowest BCUT2D eigenvalue weighted by Crippen LogP contribution is -2.44. The van der Waals surface area contributed by atoms with Gasteiger partial charge in [-0.2, -0.15) is 0 Å². The molecule has 232 valence electrons. The first-order valence-electron chi connectivity index (χ1n) is 14.8. The molecule has 3 aromatic rings. The molecule has 1 saturated heterocycles. The number of carbonyl (C=O) groups is 2. The van der Waals surface area contributed by atoms with Crippen molar-refractivity contribution in [2.45, 2.75) is 51.3 Å². The van der Waals surface area contributed by atoms with E-state index >= 15 is 0 Å². The van der Waals surface area contributed by atoms with Crippen LogP contribution in [0.2, 0.25) is 0 Å². The van der Waals surface area contributed by atoms with Gasteiger partial charge >= 0.3 is 0 Å². The number of rotatable bonds is 12. The molecule has 0 bridgehead atoms. The van der Waals surface area contributed by atoms with Gasteiger partial charge in [-0.15, -0.1) is 5.10 Å². The van der Waals surface area contributed by atoms with Crippen LogP contribution in [0.25, 0.3) is 0 Å². The number of amides is 2. The standard InChI is InChI=1S/C31H37N7O6/c1-21(6-2-3-14-36-20-25(12-15-39)34-35-36)31(42)27-17-26(38(43)44)10-11-28(27)37(30(31)41)19-22-7-4-9-24(16-22)33-29(40)23-8-5-13-32-18-23/h2,4,6-7,9-11,16-17,20-21,23,32,39,42H,3,5,8,12-15,18-19H2,1H3,(H,33,40)/b6-2+/t21-,23?,31+/m0/s1. The number of aliphatic hydroxyl groups excluding tert-OH is 1. The number of hydrogen-bond acceptors (Lipinski definition) is 9. The number of nitrogens with zero attached hydrogens (tertiary/aromatic N) is 5. The van der Waals surface area contributed by atoms with E-state index in [1.54, 1.807) is 42.1 Å². The summed E-state index contributed by atoms with van der Waals surface area (Å²) >= 11 is 0. The number of aromatic nitrogens is 3. The van der Waals surface area contributed by atoms with E-state index in [0.717, 1.165) is 24.9 Å². The number of nitro benzene ring substituents is 1. The summed E-state index contributed by atoms with van der Waals surface area (Å²) in [7, 11) is 0. The number of piperidine rings is 1. The van der Waals surface area contributed by atoms with Crippen LogP contribution in [0.5, 0.6) is 0 Å². The highest BCUT2D eigenvalue weighted by Crippen LogP contribution is 2.47. The monoisotopic (exact) mass is 603 g/mol. The minimum atomic E-state index is -2.03. The molecule has 2 aliphatic rings. The second-order valence-corrected chi connectivity index (χ2v) is 11.3. The Morgan fingerprint density at radius 1 is 1.32 bits per heavy atom. The molecule has 3 atom stereocenters. The number of aliphatic hydroxyl groups is 2. The van der Waals surface area contributed by atoms with Crippen molar-refractivity contribution in [3.05, 3.63) is 87.7 Å². The fourth-order valence-corrected chi connectivity index (χ4v) is 5.78. The van der Waals surface area contributed by atoms with Crippen LogP contribution in [-0.4, -0.2) is 61.6 Å². The first-order chi connectivity index (χ1) is 21.2. The summed E-state index contributed by atoms with van der Waals surface area (Å²) in [4.78, 5) is 39.2. The molecule has 2 amide bonds. The van der Waals surface area contributed by atoms with Gasteiger partial charge in [0.25, 0.3) is 11.6 Å². The van der Waals surface area contributed by atoms with Gasteiger partial charge in [0, 0.05) is 61.6 Å². The lowest BCUT2D eigenvalue weighted by Gasteiger charge is -2.27. The molecular weight excluding hydrogens is 566 g/mol. The first-order valence-corrected chi connectivity index (χ1v) is 14.8. The summed E-state index contributed by atoms with van der Waals surface area (Å²) in [5, 5.41) is 46.9. The van der Waals surface area contributed by atoms with Crippen LogP contribution in [-0.2, 0) is 34.7 Å². The van der Waals surface area contributed by atoms with Crippen molar-refractivity contribution in [1.29, 1.82) is 0 Å². The van der Waals surface area contributed by atoms with E-state index in [1.165, 1.54) is 23.1 Å². The Hall–Kier alpha value is -4.46. The molecule has 0 aliphatic carbocycles. The molecule has 13 nitrogen and oxygen atoms in total. The maximum Gasteiger partial charge on any atom is 0.269 e. The van der Waals surface area contributed by atoms with Crippen LogP contribution in [0, 0.1) is 22.0 Å². The maximum atomic E-state index is 14.0. The largest absolute Gasteiger partial charge is 0.396 e. The fourth-order valence-electron chi connectivity index (χ4n) is 5.78. The van der Waals surface area contributed by atoms with Crippen molar-refractivity contribution in [2.24, 2.45) is 11.8 Å². The van der Waals surface area contributed by atoms with Gasteiger partial charge in [-0.3, -0.25) is 24.4 Å². The number of aryl methyl sites for hydroxylation is 1. The van der Waals surface area contributed by atoms with Crippen LogP contribution in [0.4, 0.5) is 17.1 Å². The molecule has 0 radical (unpaired) electrons. The van der Waals surface area contributed by atoms with Crippen LogP contribution in [0.15, 0.2) is 60.8 Å². The summed E-state index contributed by atoms with van der Waals surface area (Å²) < 4.78 is 1.65. The fraction of sp³-hybridized carbons (Fsp3) is 0.419. The van der Waals surface area contributed by atoms with E-state index in [4.69, 9.17) is 5.11 Å². The van der Waals surface area contributed by atoms with Crippen molar-refractivity contribution >= 4 is 28.9 Å². The number of nitrogens with one attached hydrogen (secondary N) is 2. The van der Waals surface area contributed by atoms with Crippen molar-refractivity contribution < 1.29 is 24.7 Å². The summed E-state index contributed by atoms with van der Waals surface area (Å²) in [6, 6.07) is 11.3. The number of carbonyl (C=O) groups excluding carboxylic acids is 2. The first kappa shape index (κ1) is 31.0. The third-order valence-corrected chi connectivity index (χ3v) is 8.23. The Morgan fingerprint density at radius 2 is 2.16 bits per heavy atom. The Labute approximate surface area is 254 Å². The lowest BCUT2D eigenvalue weighted by atomic mass is 9.82. The third kappa shape index (κ3) is 6.54. The molecule has 44 heavy (non-hydrogen) atoms. The molecule has 13 heteroatoms. The van der Waals surface area contributed by atoms with Crippen LogP contribution in [0.3, 0.4) is 0 Å². The highest BCUT2D eigenvalue weighted by atomic mass is 16.6. The lowest BCUT2D eigenvalue weighted by molar-refractivity contribution is -0.385. The summed E-state index contributed by atoms with van der Waals surface area (Å²) in [6.07, 6.45) is 8.03. The maximum absolute atomic E-state index is 14.0. The normalized spacial score (nSPS) is 20.6. The molecule has 1 fully saturated rings. The predicted octanol–water partition coefficient (Wildman–Crippen LogP) is 2.68. The molecule has 0 saturated carbocycles. The molecule has 2 aliphatic heterocycles. The smallest absolute Gasteiger partial charge is 0.269 e. The Balaban J connectivity index is 1.34. The third-order valence-electron chi connectivity index (χ3n) is 8.23. The predicted molar refractivity (Wildman–Crippen MR) is 163 cm³/mol. The van der Waals surface area contributed by atoms with Gasteiger partial charge in [0.1, 0.15) is 0 Å². The average molecular weight is 604 g/mol. The van der Waals surface area contributed by atoms with Crippen molar-refractivity contribution in [3.63, 3.8) is 0 Å². The SMILES string of the molecule is C[C@@H](/C=C/CCn1cc(CCO)nn1)[C@]1(O)C(=O)N(Cc2cccc(NC(=O)C3CCCNC3)c2)c2ccc([N+](=O)[O-])cc21. The van der Waals surface area contributed by atoms with Crippen molar-refractivity contribution in [3.8, 4) is 0 Å². The highest BCUT2D eigenvalue weighted by Gasteiger charge is 2.53. The summed E-state index contributed by atoms with van der Waals surface area (Å²) in [5.41, 5.74) is 0.333. The molecule has 1 aromatic heterocycles. The molecule has 5 rings (SSSR count). The summed E-state index contributed by atoms with van der Waals surface area (Å²) in [6.45, 7) is 3.83. The quantitative estimate of drug-likeness (QED) is 0.138.